The maximum absolute atomic E-state index is 5.33. The summed E-state index contributed by atoms with van der Waals surface area (Å²) in [6, 6.07) is 0.334. The van der Waals surface area contributed by atoms with E-state index in [1.54, 1.807) is 7.11 Å². The molecule has 6 nitrogen and oxygen atoms in total. The first-order valence-corrected chi connectivity index (χ1v) is 5.81. The number of methoxy groups -OCH3 is 1. The lowest BCUT2D eigenvalue weighted by Gasteiger charge is -2.04. The minimum atomic E-state index is 0.334. The molecule has 0 fully saturated rings. The highest BCUT2D eigenvalue weighted by atomic mass is 16.5. The SMILES string of the molecule is CNC(C)Cc1nc(CCOCCOC)no1. The second-order valence-electron chi connectivity index (χ2n) is 3.85. The normalized spacial score (nSPS) is 12.9. The van der Waals surface area contributed by atoms with E-state index in [0.717, 1.165) is 6.42 Å². The summed E-state index contributed by atoms with van der Waals surface area (Å²) in [5.74, 6) is 1.36. The zero-order valence-electron chi connectivity index (χ0n) is 10.7. The van der Waals surface area contributed by atoms with Gasteiger partial charge >= 0.3 is 0 Å². The molecular formula is C11H21N3O3. The van der Waals surface area contributed by atoms with Crippen molar-refractivity contribution in [2.45, 2.75) is 25.8 Å². The fourth-order valence-corrected chi connectivity index (χ4v) is 1.25. The quantitative estimate of drug-likeness (QED) is 0.634. The van der Waals surface area contributed by atoms with Crippen molar-refractivity contribution >= 4 is 0 Å². The van der Waals surface area contributed by atoms with Crippen molar-refractivity contribution in [2.75, 3.05) is 34.0 Å². The Morgan fingerprint density at radius 2 is 2.18 bits per heavy atom. The molecule has 1 rings (SSSR count). The molecule has 17 heavy (non-hydrogen) atoms. The van der Waals surface area contributed by atoms with Crippen molar-refractivity contribution in [2.24, 2.45) is 0 Å². The minimum Gasteiger partial charge on any atom is -0.382 e. The van der Waals surface area contributed by atoms with Gasteiger partial charge in [-0.2, -0.15) is 4.98 Å². The highest BCUT2D eigenvalue weighted by Gasteiger charge is 2.09. The molecule has 1 aromatic heterocycles. The van der Waals surface area contributed by atoms with Crippen LogP contribution in [0.4, 0.5) is 0 Å². The summed E-state index contributed by atoms with van der Waals surface area (Å²) in [6.45, 7) is 3.86. The van der Waals surface area contributed by atoms with Gasteiger partial charge in [0.25, 0.3) is 0 Å². The lowest BCUT2D eigenvalue weighted by molar-refractivity contribution is 0.0714. The van der Waals surface area contributed by atoms with Gasteiger partial charge in [0, 0.05) is 26.0 Å². The summed E-state index contributed by atoms with van der Waals surface area (Å²) in [4.78, 5) is 4.29. The third-order valence-electron chi connectivity index (χ3n) is 2.39. The molecule has 0 saturated carbocycles. The average Bonchev–Trinajstić information content (AvgIpc) is 2.76. The van der Waals surface area contributed by atoms with Gasteiger partial charge in [-0.3, -0.25) is 0 Å². The van der Waals surface area contributed by atoms with E-state index in [9.17, 15) is 0 Å². The number of hydrogen-bond acceptors (Lipinski definition) is 6. The molecule has 1 heterocycles. The second-order valence-corrected chi connectivity index (χ2v) is 3.85. The van der Waals surface area contributed by atoms with Gasteiger partial charge in [0.15, 0.2) is 5.82 Å². The van der Waals surface area contributed by atoms with E-state index in [1.165, 1.54) is 0 Å². The molecule has 1 atom stereocenters. The van der Waals surface area contributed by atoms with Crippen LogP contribution < -0.4 is 5.32 Å². The van der Waals surface area contributed by atoms with Crippen molar-refractivity contribution in [3.8, 4) is 0 Å². The van der Waals surface area contributed by atoms with Crippen molar-refractivity contribution in [3.05, 3.63) is 11.7 Å². The summed E-state index contributed by atoms with van der Waals surface area (Å²) < 4.78 is 15.3. The molecule has 0 spiro atoms. The Kier molecular flexibility index (Phi) is 6.76. The lowest BCUT2D eigenvalue weighted by Crippen LogP contribution is -2.23. The number of nitrogens with one attached hydrogen (secondary N) is 1. The summed E-state index contributed by atoms with van der Waals surface area (Å²) in [5.41, 5.74) is 0. The maximum Gasteiger partial charge on any atom is 0.228 e. The van der Waals surface area contributed by atoms with Crippen LogP contribution in [0.15, 0.2) is 4.52 Å². The van der Waals surface area contributed by atoms with Crippen molar-refractivity contribution < 1.29 is 14.0 Å². The summed E-state index contributed by atoms with van der Waals surface area (Å²) in [5, 5.41) is 7.02. The van der Waals surface area contributed by atoms with Gasteiger partial charge in [0.2, 0.25) is 5.89 Å². The molecule has 0 amide bonds. The van der Waals surface area contributed by atoms with Gasteiger partial charge in [0.1, 0.15) is 0 Å². The zero-order chi connectivity index (χ0) is 12.5. The van der Waals surface area contributed by atoms with Crippen LogP contribution in [0.5, 0.6) is 0 Å². The molecule has 0 aromatic carbocycles. The molecular weight excluding hydrogens is 222 g/mol. The molecule has 0 saturated heterocycles. The fraction of sp³-hybridized carbons (Fsp3) is 0.818. The van der Waals surface area contributed by atoms with Crippen molar-refractivity contribution in [1.29, 1.82) is 0 Å². The minimum absolute atomic E-state index is 0.334. The molecule has 0 bridgehead atoms. The van der Waals surface area contributed by atoms with Crippen molar-refractivity contribution in [1.82, 2.24) is 15.5 Å². The predicted molar refractivity (Wildman–Crippen MR) is 62.9 cm³/mol. The largest absolute Gasteiger partial charge is 0.382 e. The number of rotatable bonds is 9. The third kappa shape index (κ3) is 5.76. The molecule has 1 aromatic rings. The van der Waals surface area contributed by atoms with Gasteiger partial charge < -0.3 is 19.3 Å². The number of aromatic nitrogens is 2. The first-order chi connectivity index (χ1) is 8.26. The Labute approximate surface area is 102 Å². The van der Waals surface area contributed by atoms with Gasteiger partial charge in [-0.05, 0) is 14.0 Å². The molecule has 0 aliphatic carbocycles. The van der Waals surface area contributed by atoms with E-state index in [2.05, 4.69) is 22.4 Å². The Morgan fingerprint density at radius 3 is 2.88 bits per heavy atom. The van der Waals surface area contributed by atoms with Crippen LogP contribution in [0.1, 0.15) is 18.6 Å². The second kappa shape index (κ2) is 8.16. The van der Waals surface area contributed by atoms with Gasteiger partial charge in [-0.15, -0.1) is 0 Å². The van der Waals surface area contributed by atoms with Crippen LogP contribution in [-0.2, 0) is 22.3 Å². The van der Waals surface area contributed by atoms with E-state index in [4.69, 9.17) is 14.0 Å². The van der Waals surface area contributed by atoms with E-state index in [-0.39, 0.29) is 0 Å². The van der Waals surface area contributed by atoms with E-state index in [1.807, 2.05) is 7.05 Å². The molecule has 6 heteroatoms. The monoisotopic (exact) mass is 243 g/mol. The predicted octanol–water partition coefficient (Wildman–Crippen LogP) is 0.425. The Balaban J connectivity index is 2.21. The highest BCUT2D eigenvalue weighted by Crippen LogP contribution is 2.02. The smallest absolute Gasteiger partial charge is 0.228 e. The van der Waals surface area contributed by atoms with Crippen LogP contribution in [0.25, 0.3) is 0 Å². The lowest BCUT2D eigenvalue weighted by atomic mass is 10.2. The molecule has 0 aliphatic heterocycles. The van der Waals surface area contributed by atoms with Gasteiger partial charge in [0.05, 0.1) is 19.8 Å². The summed E-state index contributed by atoms with van der Waals surface area (Å²) in [6.07, 6.45) is 1.41. The first-order valence-electron chi connectivity index (χ1n) is 5.81. The summed E-state index contributed by atoms with van der Waals surface area (Å²) >= 11 is 0. The molecule has 1 unspecified atom stereocenters. The third-order valence-corrected chi connectivity index (χ3v) is 2.39. The van der Waals surface area contributed by atoms with Gasteiger partial charge in [-0.1, -0.05) is 5.16 Å². The molecule has 1 N–H and O–H groups in total. The number of ether oxygens (including phenoxy) is 2. The molecule has 98 valence electrons. The van der Waals surface area contributed by atoms with Crippen molar-refractivity contribution in [3.63, 3.8) is 0 Å². The average molecular weight is 243 g/mol. The molecule has 0 radical (unpaired) electrons. The topological polar surface area (TPSA) is 69.4 Å². The number of hydrogen-bond donors (Lipinski definition) is 1. The van der Waals surface area contributed by atoms with Crippen LogP contribution in [0.3, 0.4) is 0 Å². The van der Waals surface area contributed by atoms with E-state index >= 15 is 0 Å². The standard InChI is InChI=1S/C11H21N3O3/c1-9(12-2)8-11-13-10(14-17-11)4-5-16-7-6-15-3/h9,12H,4-8H2,1-3H3. The highest BCUT2D eigenvalue weighted by molar-refractivity contribution is 4.88. The van der Waals surface area contributed by atoms with Crippen LogP contribution in [0.2, 0.25) is 0 Å². The first kappa shape index (κ1) is 14.1. The Hall–Kier alpha value is -0.980. The Bertz CT molecular complexity index is 304. The zero-order valence-corrected chi connectivity index (χ0v) is 10.7. The fourth-order valence-electron chi connectivity index (χ4n) is 1.25. The Morgan fingerprint density at radius 1 is 1.35 bits per heavy atom. The number of likely N-dealkylation sites (N-methyl/N-ethyl adjacent to an activating group) is 1. The molecule has 0 aliphatic rings. The van der Waals surface area contributed by atoms with Crippen LogP contribution in [0, 0.1) is 0 Å². The number of nitrogens with zero attached hydrogens (tertiary/aromatic N) is 2. The van der Waals surface area contributed by atoms with E-state index < -0.39 is 0 Å². The van der Waals surface area contributed by atoms with Gasteiger partial charge in [-0.25, -0.2) is 0 Å². The van der Waals surface area contributed by atoms with E-state index in [0.29, 0.717) is 44.0 Å². The summed E-state index contributed by atoms with van der Waals surface area (Å²) in [7, 11) is 3.56. The van der Waals surface area contributed by atoms with Crippen LogP contribution >= 0.6 is 0 Å². The van der Waals surface area contributed by atoms with Crippen LogP contribution in [-0.4, -0.2) is 50.2 Å². The maximum atomic E-state index is 5.33.